The van der Waals surface area contributed by atoms with Crippen molar-refractivity contribution < 1.29 is 8.83 Å². The third kappa shape index (κ3) is 1.61. The maximum Gasteiger partial charge on any atom is 0.174 e. The Hall–Kier alpha value is -1.04. The van der Waals surface area contributed by atoms with Gasteiger partial charge in [0.05, 0.1) is 24.8 Å². The van der Waals surface area contributed by atoms with Crippen LogP contribution in [0.2, 0.25) is 0 Å². The predicted octanol–water partition coefficient (Wildman–Crippen LogP) is 2.19. The Morgan fingerprint density at radius 2 is 2.21 bits per heavy atom. The number of hydrogen-bond donors (Lipinski definition) is 2. The van der Waals surface area contributed by atoms with Crippen molar-refractivity contribution in [3.05, 3.63) is 46.7 Å². The maximum absolute atomic E-state index is 5.47. The largest absolute Gasteiger partial charge is 0.472 e. The second kappa shape index (κ2) is 4.00. The number of nitrogens with one attached hydrogen (secondary N) is 1. The van der Waals surface area contributed by atoms with Gasteiger partial charge in [0, 0.05) is 11.1 Å². The lowest BCUT2D eigenvalue weighted by Gasteiger charge is -2.11. The standard InChI is InChI=1S/C9H9BrN2O2/c10-9-7(2-4-14-9)8(12-11)6-1-3-13-5-6/h1-5,8,12H,11H2. The average Bonchev–Trinajstić information content (AvgIpc) is 2.80. The van der Waals surface area contributed by atoms with Gasteiger partial charge in [-0.05, 0) is 28.1 Å². The van der Waals surface area contributed by atoms with Crippen molar-refractivity contribution >= 4 is 15.9 Å². The number of halogens is 1. The molecule has 14 heavy (non-hydrogen) atoms. The van der Waals surface area contributed by atoms with Crippen molar-refractivity contribution in [2.24, 2.45) is 5.84 Å². The fraction of sp³-hybridized carbons (Fsp3) is 0.111. The zero-order chi connectivity index (χ0) is 9.97. The van der Waals surface area contributed by atoms with Crippen LogP contribution < -0.4 is 11.3 Å². The van der Waals surface area contributed by atoms with Crippen LogP contribution in [0.4, 0.5) is 0 Å². The zero-order valence-electron chi connectivity index (χ0n) is 7.24. The molecule has 4 nitrogen and oxygen atoms in total. The molecule has 5 heteroatoms. The topological polar surface area (TPSA) is 64.3 Å². The summed E-state index contributed by atoms with van der Waals surface area (Å²) < 4.78 is 10.8. The maximum atomic E-state index is 5.47. The van der Waals surface area contributed by atoms with E-state index in [-0.39, 0.29) is 6.04 Å². The first-order chi connectivity index (χ1) is 6.83. The second-order valence-electron chi connectivity index (χ2n) is 2.81. The molecule has 0 aliphatic carbocycles. The summed E-state index contributed by atoms with van der Waals surface area (Å²) in [7, 11) is 0. The van der Waals surface area contributed by atoms with Gasteiger partial charge in [-0.15, -0.1) is 0 Å². The second-order valence-corrected chi connectivity index (χ2v) is 3.53. The van der Waals surface area contributed by atoms with Crippen molar-refractivity contribution in [2.75, 3.05) is 0 Å². The molecule has 1 unspecified atom stereocenters. The molecule has 2 aromatic heterocycles. The van der Waals surface area contributed by atoms with Gasteiger partial charge < -0.3 is 8.83 Å². The smallest absolute Gasteiger partial charge is 0.174 e. The summed E-state index contributed by atoms with van der Waals surface area (Å²) >= 11 is 3.30. The van der Waals surface area contributed by atoms with E-state index in [1.807, 2.05) is 12.1 Å². The molecule has 0 saturated carbocycles. The summed E-state index contributed by atoms with van der Waals surface area (Å²) in [5.74, 6) is 5.47. The molecule has 2 heterocycles. The summed E-state index contributed by atoms with van der Waals surface area (Å²) in [4.78, 5) is 0. The lowest BCUT2D eigenvalue weighted by atomic mass is 10.1. The SMILES string of the molecule is NNC(c1ccoc1)c1ccoc1Br. The molecule has 3 N–H and O–H groups in total. The van der Waals surface area contributed by atoms with E-state index in [4.69, 9.17) is 14.7 Å². The third-order valence-electron chi connectivity index (χ3n) is 2.00. The van der Waals surface area contributed by atoms with E-state index in [9.17, 15) is 0 Å². The fourth-order valence-corrected chi connectivity index (χ4v) is 1.78. The molecule has 0 fully saturated rings. The van der Waals surface area contributed by atoms with Crippen molar-refractivity contribution in [2.45, 2.75) is 6.04 Å². The van der Waals surface area contributed by atoms with E-state index in [1.165, 1.54) is 0 Å². The molecule has 0 saturated heterocycles. The quantitative estimate of drug-likeness (QED) is 0.653. The monoisotopic (exact) mass is 256 g/mol. The highest BCUT2D eigenvalue weighted by molar-refractivity contribution is 9.10. The van der Waals surface area contributed by atoms with Crippen LogP contribution in [0.5, 0.6) is 0 Å². The lowest BCUT2D eigenvalue weighted by Crippen LogP contribution is -2.28. The van der Waals surface area contributed by atoms with E-state index < -0.39 is 0 Å². The summed E-state index contributed by atoms with van der Waals surface area (Å²) in [5.41, 5.74) is 4.59. The van der Waals surface area contributed by atoms with Crippen molar-refractivity contribution in [1.29, 1.82) is 0 Å². The zero-order valence-corrected chi connectivity index (χ0v) is 8.82. The van der Waals surface area contributed by atoms with Gasteiger partial charge in [-0.1, -0.05) is 0 Å². The van der Waals surface area contributed by atoms with E-state index >= 15 is 0 Å². The van der Waals surface area contributed by atoms with E-state index in [2.05, 4.69) is 21.4 Å². The Balaban J connectivity index is 2.36. The molecule has 0 aliphatic heterocycles. The number of hydrazine groups is 1. The highest BCUT2D eigenvalue weighted by Crippen LogP contribution is 2.28. The molecular weight excluding hydrogens is 248 g/mol. The van der Waals surface area contributed by atoms with Gasteiger partial charge in [-0.25, -0.2) is 5.43 Å². The van der Waals surface area contributed by atoms with Crippen LogP contribution in [0, 0.1) is 0 Å². The van der Waals surface area contributed by atoms with Gasteiger partial charge in [0.15, 0.2) is 4.67 Å². The van der Waals surface area contributed by atoms with Crippen LogP contribution in [0.1, 0.15) is 17.2 Å². The van der Waals surface area contributed by atoms with Gasteiger partial charge in [-0.3, -0.25) is 5.84 Å². The first-order valence-corrected chi connectivity index (χ1v) is 4.83. The minimum Gasteiger partial charge on any atom is -0.472 e. The highest BCUT2D eigenvalue weighted by atomic mass is 79.9. The van der Waals surface area contributed by atoms with E-state index in [0.717, 1.165) is 11.1 Å². The van der Waals surface area contributed by atoms with Gasteiger partial charge in [0.1, 0.15) is 0 Å². The normalized spacial score (nSPS) is 13.0. The first-order valence-electron chi connectivity index (χ1n) is 4.04. The summed E-state index contributed by atoms with van der Waals surface area (Å²) in [6.07, 6.45) is 4.85. The van der Waals surface area contributed by atoms with Crippen LogP contribution in [0.15, 0.2) is 44.4 Å². The van der Waals surface area contributed by atoms with E-state index in [0.29, 0.717) is 4.67 Å². The number of hydrogen-bond acceptors (Lipinski definition) is 4. The summed E-state index contributed by atoms with van der Waals surface area (Å²) in [5, 5.41) is 0. The van der Waals surface area contributed by atoms with Crippen LogP contribution >= 0.6 is 15.9 Å². The predicted molar refractivity (Wildman–Crippen MR) is 54.3 cm³/mol. The highest BCUT2D eigenvalue weighted by Gasteiger charge is 2.17. The molecule has 0 amide bonds. The number of rotatable bonds is 3. The van der Waals surface area contributed by atoms with Crippen molar-refractivity contribution in [1.82, 2.24) is 5.43 Å². The van der Waals surface area contributed by atoms with Gasteiger partial charge in [0.2, 0.25) is 0 Å². The van der Waals surface area contributed by atoms with Crippen molar-refractivity contribution in [3.63, 3.8) is 0 Å². The van der Waals surface area contributed by atoms with Crippen LogP contribution in [-0.2, 0) is 0 Å². The van der Waals surface area contributed by atoms with Gasteiger partial charge in [-0.2, -0.15) is 0 Å². The third-order valence-corrected chi connectivity index (χ3v) is 2.65. The molecule has 74 valence electrons. The molecular formula is C9H9BrN2O2. The Morgan fingerprint density at radius 3 is 2.71 bits per heavy atom. The first kappa shape index (κ1) is 9.51. The minimum atomic E-state index is -0.123. The Labute approximate surface area is 89.2 Å². The average molecular weight is 257 g/mol. The van der Waals surface area contributed by atoms with Crippen LogP contribution in [0.25, 0.3) is 0 Å². The van der Waals surface area contributed by atoms with Gasteiger partial charge >= 0.3 is 0 Å². The van der Waals surface area contributed by atoms with E-state index in [1.54, 1.807) is 18.8 Å². The van der Waals surface area contributed by atoms with Crippen LogP contribution in [0.3, 0.4) is 0 Å². The molecule has 2 rings (SSSR count). The lowest BCUT2D eigenvalue weighted by molar-refractivity contribution is 0.523. The van der Waals surface area contributed by atoms with Gasteiger partial charge in [0.25, 0.3) is 0 Å². The molecule has 0 bridgehead atoms. The molecule has 0 aliphatic rings. The molecule has 0 radical (unpaired) electrons. The Morgan fingerprint density at radius 1 is 1.36 bits per heavy atom. The molecule has 0 aromatic carbocycles. The summed E-state index contributed by atoms with van der Waals surface area (Å²) in [6, 6.07) is 3.58. The fourth-order valence-electron chi connectivity index (χ4n) is 1.32. The number of nitrogens with two attached hydrogens (primary N) is 1. The molecule has 0 spiro atoms. The minimum absolute atomic E-state index is 0.123. The number of furan rings is 2. The van der Waals surface area contributed by atoms with Crippen molar-refractivity contribution in [3.8, 4) is 0 Å². The Bertz CT molecular complexity index is 397. The Kier molecular flexibility index (Phi) is 2.72. The molecule has 2 aromatic rings. The van der Waals surface area contributed by atoms with Crippen LogP contribution in [-0.4, -0.2) is 0 Å². The molecule has 1 atom stereocenters. The summed E-state index contributed by atoms with van der Waals surface area (Å²) in [6.45, 7) is 0.